The Bertz CT molecular complexity index is 724. The first-order valence-corrected chi connectivity index (χ1v) is 11.1. The third-order valence-electron chi connectivity index (χ3n) is 4.36. The van der Waals surface area contributed by atoms with Gasteiger partial charge in [0.15, 0.2) is 18.3 Å². The highest BCUT2D eigenvalue weighted by molar-refractivity contribution is 5.88. The Morgan fingerprint density at radius 3 is 1.74 bits per heavy atom. The van der Waals surface area contributed by atoms with Gasteiger partial charge in [-0.25, -0.2) is 0 Å². The lowest BCUT2D eigenvalue weighted by Gasteiger charge is -2.35. The summed E-state index contributed by atoms with van der Waals surface area (Å²) < 4.78 is 20.6. The van der Waals surface area contributed by atoms with E-state index < -0.39 is 66.7 Å². The molecule has 0 aliphatic carbocycles. The summed E-state index contributed by atoms with van der Waals surface area (Å²) in [6.07, 6.45) is -1.10. The predicted octanol–water partition coefficient (Wildman–Crippen LogP) is 0.546. The molecule has 2 amide bonds. The van der Waals surface area contributed by atoms with Gasteiger partial charge in [0.2, 0.25) is 11.8 Å². The van der Waals surface area contributed by atoms with E-state index in [1.54, 1.807) is 0 Å². The fraction of sp³-hybridized carbons (Fsp3) is 0.727. The van der Waals surface area contributed by atoms with Crippen molar-refractivity contribution < 1.29 is 47.7 Å². The van der Waals surface area contributed by atoms with E-state index in [0.29, 0.717) is 13.0 Å². The molecule has 0 aromatic carbocycles. The van der Waals surface area contributed by atoms with Crippen LogP contribution in [0, 0.1) is 0 Å². The van der Waals surface area contributed by atoms with Crippen molar-refractivity contribution >= 4 is 35.7 Å². The molecule has 0 saturated heterocycles. The van der Waals surface area contributed by atoms with Gasteiger partial charge >= 0.3 is 23.9 Å². The first-order chi connectivity index (χ1) is 15.9. The number of carbonyl (C=O) groups excluding carboxylic acids is 6. The summed E-state index contributed by atoms with van der Waals surface area (Å²) in [5.74, 6) is -4.58. The van der Waals surface area contributed by atoms with Crippen LogP contribution in [-0.2, 0) is 47.7 Å². The highest BCUT2D eigenvalue weighted by atomic mass is 16.6. The summed E-state index contributed by atoms with van der Waals surface area (Å²) >= 11 is 0. The lowest BCUT2D eigenvalue weighted by atomic mass is 9.99. The van der Waals surface area contributed by atoms with E-state index in [0.717, 1.165) is 53.9 Å². The summed E-state index contributed by atoms with van der Waals surface area (Å²) in [4.78, 5) is 71.6. The molecule has 194 valence electrons. The monoisotopic (exact) mass is 488 g/mol. The normalized spacial score (nSPS) is 13.9. The first-order valence-electron chi connectivity index (χ1n) is 11.1. The lowest BCUT2D eigenvalue weighted by molar-refractivity contribution is -0.192. The highest BCUT2D eigenvalue weighted by Gasteiger charge is 2.45. The van der Waals surface area contributed by atoms with E-state index in [-0.39, 0.29) is 0 Å². The standard InChI is InChI=1S/C22H36N2O10/c1-7-8-9-10-11-23-22(30)19(24-13(2)25)21(34-17(6)29)20(33-16(5)28)18(32-15(4)27)12-31-14(3)26/h18-21H,7-12H2,1-6H3,(H,23,30)(H,24,25)/t18-,19-,20-,21-/m1/s1. The van der Waals surface area contributed by atoms with E-state index in [2.05, 4.69) is 10.6 Å². The third kappa shape index (κ3) is 13.4. The van der Waals surface area contributed by atoms with Crippen molar-refractivity contribution in [3.05, 3.63) is 0 Å². The number of ether oxygens (including phenoxy) is 4. The molecule has 0 unspecified atom stereocenters. The molecular formula is C22H36N2O10. The van der Waals surface area contributed by atoms with Crippen molar-refractivity contribution in [1.82, 2.24) is 10.6 Å². The van der Waals surface area contributed by atoms with Crippen LogP contribution in [0.4, 0.5) is 0 Å². The molecule has 0 rings (SSSR count). The SMILES string of the molecule is CCCCCCNC(=O)[C@H](NC(C)=O)[C@@H](OC(C)=O)[C@H](OC(C)=O)[C@@H](COC(C)=O)OC(C)=O. The van der Waals surface area contributed by atoms with Crippen molar-refractivity contribution in [3.8, 4) is 0 Å². The average Bonchev–Trinajstić information content (AvgIpc) is 2.71. The predicted molar refractivity (Wildman–Crippen MR) is 118 cm³/mol. The molecule has 0 heterocycles. The van der Waals surface area contributed by atoms with Crippen molar-refractivity contribution in [2.24, 2.45) is 0 Å². The van der Waals surface area contributed by atoms with Gasteiger partial charge in [-0.05, 0) is 6.42 Å². The first kappa shape index (κ1) is 30.8. The number of amides is 2. The molecule has 12 nitrogen and oxygen atoms in total. The van der Waals surface area contributed by atoms with Crippen LogP contribution in [0.5, 0.6) is 0 Å². The van der Waals surface area contributed by atoms with Gasteiger partial charge in [-0.15, -0.1) is 0 Å². The summed E-state index contributed by atoms with van der Waals surface area (Å²) in [5.41, 5.74) is 0. The molecule has 0 aliphatic heterocycles. The molecule has 0 radical (unpaired) electrons. The van der Waals surface area contributed by atoms with Crippen LogP contribution >= 0.6 is 0 Å². The van der Waals surface area contributed by atoms with Crippen molar-refractivity contribution in [3.63, 3.8) is 0 Å². The second-order valence-corrected chi connectivity index (χ2v) is 7.63. The molecule has 4 atom stereocenters. The number of carbonyl (C=O) groups is 6. The quantitative estimate of drug-likeness (QED) is 0.189. The average molecular weight is 489 g/mol. The van der Waals surface area contributed by atoms with Crippen LogP contribution in [0.2, 0.25) is 0 Å². The summed E-state index contributed by atoms with van der Waals surface area (Å²) in [5, 5.41) is 5.06. The Labute approximate surface area is 199 Å². The van der Waals surface area contributed by atoms with E-state index in [4.69, 9.17) is 18.9 Å². The maximum Gasteiger partial charge on any atom is 0.303 e. The minimum absolute atomic E-state index is 0.292. The number of nitrogens with one attached hydrogen (secondary N) is 2. The zero-order valence-corrected chi connectivity index (χ0v) is 20.6. The number of rotatable bonds is 15. The molecule has 12 heteroatoms. The Balaban J connectivity index is 6.17. The zero-order chi connectivity index (χ0) is 26.3. The van der Waals surface area contributed by atoms with E-state index in [9.17, 15) is 28.8 Å². The Morgan fingerprint density at radius 1 is 0.706 bits per heavy atom. The summed E-state index contributed by atoms with van der Waals surface area (Å²) in [6.45, 7) is 7.21. The van der Waals surface area contributed by atoms with Crippen LogP contribution in [0.1, 0.15) is 67.2 Å². The topological polar surface area (TPSA) is 163 Å². The molecule has 0 spiro atoms. The van der Waals surface area contributed by atoms with Crippen LogP contribution in [0.3, 0.4) is 0 Å². The zero-order valence-electron chi connectivity index (χ0n) is 20.6. The molecule has 0 aromatic heterocycles. The van der Waals surface area contributed by atoms with E-state index >= 15 is 0 Å². The second-order valence-electron chi connectivity index (χ2n) is 7.63. The molecule has 0 saturated carbocycles. The van der Waals surface area contributed by atoms with Gasteiger partial charge < -0.3 is 29.6 Å². The molecule has 2 N–H and O–H groups in total. The van der Waals surface area contributed by atoms with Crippen molar-refractivity contribution in [1.29, 1.82) is 0 Å². The molecule has 34 heavy (non-hydrogen) atoms. The maximum absolute atomic E-state index is 13.0. The van der Waals surface area contributed by atoms with Crippen LogP contribution in [-0.4, -0.2) is 73.2 Å². The van der Waals surface area contributed by atoms with E-state index in [1.807, 2.05) is 6.92 Å². The molecule has 0 bridgehead atoms. The van der Waals surface area contributed by atoms with E-state index in [1.165, 1.54) is 0 Å². The van der Waals surface area contributed by atoms with Crippen LogP contribution < -0.4 is 10.6 Å². The number of unbranched alkanes of at least 4 members (excludes halogenated alkanes) is 3. The van der Waals surface area contributed by atoms with Gasteiger partial charge in [0, 0.05) is 41.2 Å². The number of hydrogen-bond donors (Lipinski definition) is 2. The highest BCUT2D eigenvalue weighted by Crippen LogP contribution is 2.19. The van der Waals surface area contributed by atoms with Crippen molar-refractivity contribution in [2.75, 3.05) is 13.2 Å². The Kier molecular flexibility index (Phi) is 14.9. The van der Waals surface area contributed by atoms with Gasteiger partial charge in [-0.1, -0.05) is 26.2 Å². The smallest absolute Gasteiger partial charge is 0.303 e. The van der Waals surface area contributed by atoms with Gasteiger partial charge in [0.1, 0.15) is 12.6 Å². The molecule has 0 fully saturated rings. The van der Waals surface area contributed by atoms with Gasteiger partial charge in [0.25, 0.3) is 0 Å². The Morgan fingerprint density at radius 2 is 1.26 bits per heavy atom. The van der Waals surface area contributed by atoms with Gasteiger partial charge in [-0.3, -0.25) is 28.8 Å². The molecule has 0 aliphatic rings. The fourth-order valence-corrected chi connectivity index (χ4v) is 3.06. The maximum atomic E-state index is 13.0. The largest absolute Gasteiger partial charge is 0.462 e. The molecular weight excluding hydrogens is 452 g/mol. The Hall–Kier alpha value is -3.18. The minimum atomic E-state index is -1.61. The minimum Gasteiger partial charge on any atom is -0.462 e. The summed E-state index contributed by atoms with van der Waals surface area (Å²) in [6, 6.07) is -1.51. The number of hydrogen-bond acceptors (Lipinski definition) is 10. The van der Waals surface area contributed by atoms with Gasteiger partial charge in [-0.2, -0.15) is 0 Å². The lowest BCUT2D eigenvalue weighted by Crippen LogP contribution is -2.61. The van der Waals surface area contributed by atoms with Gasteiger partial charge in [0.05, 0.1) is 0 Å². The fourth-order valence-electron chi connectivity index (χ4n) is 3.06. The third-order valence-corrected chi connectivity index (χ3v) is 4.36. The molecule has 0 aromatic rings. The second kappa shape index (κ2) is 16.4. The van der Waals surface area contributed by atoms with Crippen molar-refractivity contribution in [2.45, 2.75) is 91.6 Å². The summed E-state index contributed by atoms with van der Waals surface area (Å²) in [7, 11) is 0. The number of esters is 4. The van der Waals surface area contributed by atoms with Crippen LogP contribution in [0.25, 0.3) is 0 Å². The van der Waals surface area contributed by atoms with Crippen LogP contribution in [0.15, 0.2) is 0 Å².